The molecule has 0 bridgehead atoms. The fourth-order valence-electron chi connectivity index (χ4n) is 1.20. The van der Waals surface area contributed by atoms with Gasteiger partial charge in [-0.25, -0.2) is 0 Å². The first-order chi connectivity index (χ1) is 5.27. The lowest BCUT2D eigenvalue weighted by molar-refractivity contribution is -0.159. The van der Waals surface area contributed by atoms with Crippen LogP contribution in [0.15, 0.2) is 12.3 Å². The Morgan fingerprint density at radius 2 is 2.27 bits per heavy atom. The Labute approximate surface area is 62.8 Å². The summed E-state index contributed by atoms with van der Waals surface area (Å²) in [6.45, 7) is 0. The van der Waals surface area contributed by atoms with E-state index in [-0.39, 0.29) is 18.2 Å². The number of hydrogen-bond donors (Lipinski definition) is 0. The van der Waals surface area contributed by atoms with E-state index in [1.165, 1.54) is 12.3 Å². The van der Waals surface area contributed by atoms with Crippen LogP contribution in [0.5, 0.6) is 0 Å². The Morgan fingerprint density at radius 1 is 1.45 bits per heavy atom. The second-order valence-electron chi connectivity index (χ2n) is 2.51. The highest BCUT2D eigenvalue weighted by Gasteiger charge is 2.41. The summed E-state index contributed by atoms with van der Waals surface area (Å²) in [5, 5.41) is 0. The average Bonchev–Trinajstić information content (AvgIpc) is 2.31. The lowest BCUT2D eigenvalue weighted by Gasteiger charge is -2.17. The van der Waals surface area contributed by atoms with E-state index in [0.717, 1.165) is 0 Å². The van der Waals surface area contributed by atoms with Gasteiger partial charge in [0, 0.05) is 6.08 Å². The molecule has 0 amide bonds. The molecule has 2 aliphatic heterocycles. The predicted molar refractivity (Wildman–Crippen MR) is 33.2 cm³/mol. The van der Waals surface area contributed by atoms with Crippen molar-refractivity contribution in [3.63, 3.8) is 0 Å². The van der Waals surface area contributed by atoms with Crippen molar-refractivity contribution in [3.8, 4) is 0 Å². The van der Waals surface area contributed by atoms with Crippen LogP contribution in [0.3, 0.4) is 0 Å². The summed E-state index contributed by atoms with van der Waals surface area (Å²) in [4.78, 5) is 21.7. The highest BCUT2D eigenvalue weighted by atomic mass is 16.7. The number of fused-ring (bicyclic) bond motifs is 1. The zero-order valence-electron chi connectivity index (χ0n) is 5.65. The number of ketones is 1. The number of esters is 1. The summed E-state index contributed by atoms with van der Waals surface area (Å²) in [6, 6.07) is 0. The molecule has 0 radical (unpaired) electrons. The summed E-state index contributed by atoms with van der Waals surface area (Å²) >= 11 is 0. The maximum absolute atomic E-state index is 11.0. The quantitative estimate of drug-likeness (QED) is 0.460. The molecule has 2 rings (SSSR count). The van der Waals surface area contributed by atoms with Crippen molar-refractivity contribution in [2.24, 2.45) is 5.92 Å². The highest BCUT2D eigenvalue weighted by molar-refractivity contribution is 5.96. The molecule has 0 unspecified atom stereocenters. The van der Waals surface area contributed by atoms with E-state index in [0.29, 0.717) is 0 Å². The molecule has 2 aliphatic rings. The third kappa shape index (κ3) is 0.906. The summed E-state index contributed by atoms with van der Waals surface area (Å²) < 4.78 is 9.60. The molecule has 2 atom stereocenters. The van der Waals surface area contributed by atoms with E-state index < -0.39 is 12.2 Å². The van der Waals surface area contributed by atoms with E-state index in [1.54, 1.807) is 0 Å². The highest BCUT2D eigenvalue weighted by Crippen LogP contribution is 2.27. The van der Waals surface area contributed by atoms with Crippen LogP contribution >= 0.6 is 0 Å². The number of rotatable bonds is 0. The van der Waals surface area contributed by atoms with Crippen molar-refractivity contribution in [1.29, 1.82) is 0 Å². The molecule has 0 aromatic heterocycles. The van der Waals surface area contributed by atoms with E-state index >= 15 is 0 Å². The molecule has 0 aromatic rings. The minimum Gasteiger partial charge on any atom is -0.461 e. The van der Waals surface area contributed by atoms with Gasteiger partial charge in [-0.2, -0.15) is 0 Å². The van der Waals surface area contributed by atoms with Gasteiger partial charge in [-0.1, -0.05) is 0 Å². The minimum absolute atomic E-state index is 0.0906. The Kier molecular flexibility index (Phi) is 1.21. The Bertz CT molecular complexity index is 243. The van der Waals surface area contributed by atoms with Gasteiger partial charge < -0.3 is 9.47 Å². The van der Waals surface area contributed by atoms with Crippen LogP contribution in [0, 0.1) is 5.92 Å². The van der Waals surface area contributed by atoms with E-state index in [9.17, 15) is 9.59 Å². The van der Waals surface area contributed by atoms with Crippen molar-refractivity contribution in [3.05, 3.63) is 12.3 Å². The lowest BCUT2D eigenvalue weighted by atomic mass is 10.0. The van der Waals surface area contributed by atoms with Crippen LogP contribution in [0.2, 0.25) is 0 Å². The number of carbonyl (C=O) groups excluding carboxylic acids is 2. The van der Waals surface area contributed by atoms with Crippen LogP contribution in [0.1, 0.15) is 6.42 Å². The molecule has 4 heteroatoms. The van der Waals surface area contributed by atoms with Gasteiger partial charge in [0.05, 0.1) is 12.7 Å². The number of allylic oxidation sites excluding steroid dienone is 1. The van der Waals surface area contributed by atoms with Crippen molar-refractivity contribution in [2.45, 2.75) is 12.7 Å². The van der Waals surface area contributed by atoms with Gasteiger partial charge in [0.15, 0.2) is 5.78 Å². The molecular weight excluding hydrogens is 148 g/mol. The van der Waals surface area contributed by atoms with Gasteiger partial charge in [0.2, 0.25) is 0 Å². The monoisotopic (exact) mass is 154 g/mol. The topological polar surface area (TPSA) is 52.6 Å². The molecule has 0 saturated carbocycles. The van der Waals surface area contributed by atoms with Crippen molar-refractivity contribution < 1.29 is 19.1 Å². The van der Waals surface area contributed by atoms with Crippen molar-refractivity contribution >= 4 is 11.8 Å². The number of hydrogen-bond acceptors (Lipinski definition) is 4. The molecule has 58 valence electrons. The molecule has 2 heterocycles. The van der Waals surface area contributed by atoms with Gasteiger partial charge in [0.25, 0.3) is 6.29 Å². The molecule has 0 N–H and O–H groups in total. The van der Waals surface area contributed by atoms with Gasteiger partial charge in [-0.15, -0.1) is 0 Å². The van der Waals surface area contributed by atoms with Gasteiger partial charge in [0.1, 0.15) is 5.92 Å². The average molecular weight is 154 g/mol. The standard InChI is InChI=1S/C7H6O4/c8-5-1-2-10-7-4(5)3-6(9)11-7/h1-2,4,7H,3H2/t4-,7-/m1/s1. The smallest absolute Gasteiger partial charge is 0.309 e. The molecule has 0 aliphatic carbocycles. The SMILES string of the molecule is O=C1C[C@@H]2C(=O)C=CO[C@@H]2O1. The number of ether oxygens (including phenoxy) is 2. The normalized spacial score (nSPS) is 34.5. The van der Waals surface area contributed by atoms with Crippen molar-refractivity contribution in [2.75, 3.05) is 0 Å². The maximum Gasteiger partial charge on any atom is 0.309 e. The van der Waals surface area contributed by atoms with Crippen LogP contribution in [-0.4, -0.2) is 18.0 Å². The van der Waals surface area contributed by atoms with E-state index in [2.05, 4.69) is 0 Å². The first-order valence-electron chi connectivity index (χ1n) is 3.33. The molecule has 11 heavy (non-hydrogen) atoms. The third-order valence-electron chi connectivity index (χ3n) is 1.77. The molecule has 1 fully saturated rings. The van der Waals surface area contributed by atoms with Crippen LogP contribution < -0.4 is 0 Å². The molecule has 0 spiro atoms. The lowest BCUT2D eigenvalue weighted by Crippen LogP contribution is -2.27. The van der Waals surface area contributed by atoms with Gasteiger partial charge in [-0.05, 0) is 0 Å². The molecular formula is C7H6O4. The summed E-state index contributed by atoms with van der Waals surface area (Å²) in [5.41, 5.74) is 0. The molecule has 1 saturated heterocycles. The van der Waals surface area contributed by atoms with Gasteiger partial charge >= 0.3 is 5.97 Å². The third-order valence-corrected chi connectivity index (χ3v) is 1.77. The fraction of sp³-hybridized carbons (Fsp3) is 0.429. The van der Waals surface area contributed by atoms with E-state index in [4.69, 9.17) is 9.47 Å². The molecule has 0 aromatic carbocycles. The second kappa shape index (κ2) is 2.08. The van der Waals surface area contributed by atoms with Crippen LogP contribution in [-0.2, 0) is 19.1 Å². The summed E-state index contributed by atoms with van der Waals surface area (Å²) in [5.74, 6) is -0.864. The Morgan fingerprint density at radius 3 is 3.00 bits per heavy atom. The first kappa shape index (κ1) is 6.39. The predicted octanol–water partition coefficient (Wildman–Crippen LogP) is -0.0114. The largest absolute Gasteiger partial charge is 0.461 e. The second-order valence-corrected chi connectivity index (χ2v) is 2.51. The first-order valence-corrected chi connectivity index (χ1v) is 3.33. The molecule has 4 nitrogen and oxygen atoms in total. The van der Waals surface area contributed by atoms with Gasteiger partial charge in [-0.3, -0.25) is 9.59 Å². The van der Waals surface area contributed by atoms with E-state index in [1.807, 2.05) is 0 Å². The maximum atomic E-state index is 11.0. The number of carbonyl (C=O) groups is 2. The van der Waals surface area contributed by atoms with Crippen molar-refractivity contribution in [1.82, 2.24) is 0 Å². The fourth-order valence-corrected chi connectivity index (χ4v) is 1.20. The Balaban J connectivity index is 2.23. The zero-order chi connectivity index (χ0) is 7.84. The van der Waals surface area contributed by atoms with Crippen LogP contribution in [0.4, 0.5) is 0 Å². The zero-order valence-corrected chi connectivity index (χ0v) is 5.65. The Hall–Kier alpha value is -1.32. The summed E-state index contributed by atoms with van der Waals surface area (Å²) in [6.07, 6.45) is 2.07. The minimum atomic E-state index is -0.667. The van der Waals surface area contributed by atoms with Crippen LogP contribution in [0.25, 0.3) is 0 Å². The summed E-state index contributed by atoms with van der Waals surface area (Å²) in [7, 11) is 0.